The van der Waals surface area contributed by atoms with Gasteiger partial charge in [0.25, 0.3) is 0 Å². The number of hydrogen-bond acceptors (Lipinski definition) is 2. The predicted octanol–water partition coefficient (Wildman–Crippen LogP) is 17.3. The maximum absolute atomic E-state index is 7.03. The monoisotopic (exact) mass is 889 g/mol. The first-order valence-electron chi connectivity index (χ1n) is 24.3. The van der Waals surface area contributed by atoms with E-state index in [2.05, 4.69) is 266 Å². The fraction of sp³-hybridized carbons (Fsp3) is 0.0294. The summed E-state index contributed by atoms with van der Waals surface area (Å²) in [4.78, 5) is 2.47. The molecular formula is C68H43NO. The minimum Gasteiger partial charge on any atom is -0.457 e. The molecule has 0 radical (unpaired) electrons. The van der Waals surface area contributed by atoms with Gasteiger partial charge in [-0.15, -0.1) is 0 Å². The molecule has 1 atom stereocenters. The Morgan fingerprint density at radius 3 is 1.30 bits per heavy atom. The zero-order valence-electron chi connectivity index (χ0n) is 38.2. The van der Waals surface area contributed by atoms with Crippen LogP contribution in [-0.2, 0) is 10.8 Å². The van der Waals surface area contributed by atoms with E-state index in [1.807, 2.05) is 0 Å². The molecule has 2 heteroatoms. The van der Waals surface area contributed by atoms with Crippen LogP contribution in [0, 0.1) is 0 Å². The highest BCUT2D eigenvalue weighted by Gasteiger charge is 2.53. The molecule has 0 fully saturated rings. The number of para-hydroxylation sites is 1. The Hall–Kier alpha value is -8.98. The van der Waals surface area contributed by atoms with Crippen molar-refractivity contribution in [3.05, 3.63) is 305 Å². The van der Waals surface area contributed by atoms with Crippen molar-refractivity contribution in [1.29, 1.82) is 0 Å². The van der Waals surface area contributed by atoms with Gasteiger partial charge in [-0.2, -0.15) is 0 Å². The van der Waals surface area contributed by atoms with Gasteiger partial charge in [0.1, 0.15) is 11.5 Å². The molecule has 1 heterocycles. The van der Waals surface area contributed by atoms with E-state index in [1.54, 1.807) is 0 Å². The van der Waals surface area contributed by atoms with Gasteiger partial charge in [-0.25, -0.2) is 0 Å². The molecule has 2 spiro atoms. The molecule has 70 heavy (non-hydrogen) atoms. The summed E-state index contributed by atoms with van der Waals surface area (Å²) in [6.45, 7) is 0. The van der Waals surface area contributed by atoms with Gasteiger partial charge in [0.2, 0.25) is 0 Å². The fourth-order valence-electron chi connectivity index (χ4n) is 13.0. The first-order valence-corrected chi connectivity index (χ1v) is 24.3. The Morgan fingerprint density at radius 1 is 0.243 bits per heavy atom. The van der Waals surface area contributed by atoms with Crippen molar-refractivity contribution in [2.75, 3.05) is 4.90 Å². The third-order valence-electron chi connectivity index (χ3n) is 15.8. The van der Waals surface area contributed by atoms with E-state index in [-0.39, 0.29) is 0 Å². The minimum atomic E-state index is -0.666. The quantitative estimate of drug-likeness (QED) is 0.171. The van der Waals surface area contributed by atoms with Crippen molar-refractivity contribution >= 4 is 17.1 Å². The third-order valence-corrected chi connectivity index (χ3v) is 15.8. The molecule has 1 unspecified atom stereocenters. The highest BCUT2D eigenvalue weighted by molar-refractivity contribution is 5.99. The van der Waals surface area contributed by atoms with Crippen LogP contribution in [0.1, 0.15) is 44.5 Å². The zero-order valence-corrected chi connectivity index (χ0v) is 38.2. The van der Waals surface area contributed by atoms with Gasteiger partial charge < -0.3 is 9.64 Å². The van der Waals surface area contributed by atoms with Crippen LogP contribution in [0.5, 0.6) is 11.5 Å². The van der Waals surface area contributed by atoms with Crippen LogP contribution in [0.15, 0.2) is 261 Å². The van der Waals surface area contributed by atoms with Crippen LogP contribution in [-0.4, -0.2) is 0 Å². The first kappa shape index (κ1) is 39.1. The molecule has 0 amide bonds. The molecule has 11 aromatic rings. The molecular weight excluding hydrogens is 847 g/mol. The number of benzene rings is 11. The molecule has 4 aliphatic rings. The summed E-state index contributed by atoms with van der Waals surface area (Å²) < 4.78 is 7.03. The van der Waals surface area contributed by atoms with Crippen molar-refractivity contribution in [3.63, 3.8) is 0 Å². The van der Waals surface area contributed by atoms with Crippen LogP contribution in [0.2, 0.25) is 0 Å². The SMILES string of the molecule is c1ccc(-c2ccc(N(c3ccc4c(c3)C3(c5ccccc5O4)c4ccccc4-c4c(-c5ccccc5)cccc43)c3ccc4c(c3)C3(c5ccccc5-c5ccccc53)c3ccccc3-4)cc2)cc1. The molecule has 0 aromatic heterocycles. The lowest BCUT2D eigenvalue weighted by Crippen LogP contribution is -2.32. The number of ether oxygens (including phenoxy) is 1. The standard InChI is InChI=1S/C68H43NO/c1-3-18-44(19-4-1)45-34-36-47(37-35-45)69(48-38-40-54-53-24-9-13-29-58(53)67(62(54)42-48)56-27-11-7-22-51(56)52-23-8-12-28-57(52)67)49-39-41-65-63(43-49)68(60-31-15-16-33-64(60)70-65)59-30-14-10-25-55(59)66-50(26-17-32-61(66)68)46-20-5-2-6-21-46/h1-43H. The maximum atomic E-state index is 7.03. The van der Waals surface area contributed by atoms with Gasteiger partial charge in [0.05, 0.1) is 10.8 Å². The summed E-state index contributed by atoms with van der Waals surface area (Å²) in [6.07, 6.45) is 0. The lowest BCUT2D eigenvalue weighted by Gasteiger charge is -2.40. The lowest BCUT2D eigenvalue weighted by molar-refractivity contribution is 0.436. The summed E-state index contributed by atoms with van der Waals surface area (Å²) >= 11 is 0. The Balaban J connectivity index is 0.995. The van der Waals surface area contributed by atoms with Crippen LogP contribution >= 0.6 is 0 Å². The van der Waals surface area contributed by atoms with E-state index >= 15 is 0 Å². The maximum Gasteiger partial charge on any atom is 0.132 e. The van der Waals surface area contributed by atoms with Crippen LogP contribution in [0.25, 0.3) is 55.6 Å². The number of anilines is 3. The highest BCUT2D eigenvalue weighted by atomic mass is 16.5. The van der Waals surface area contributed by atoms with Crippen molar-refractivity contribution in [2.45, 2.75) is 10.8 Å². The summed E-state index contributed by atoms with van der Waals surface area (Å²) in [7, 11) is 0. The van der Waals surface area contributed by atoms with Gasteiger partial charge in [-0.1, -0.05) is 212 Å². The second-order valence-corrected chi connectivity index (χ2v) is 19.0. The van der Waals surface area contributed by atoms with Crippen LogP contribution in [0.3, 0.4) is 0 Å². The Bertz CT molecular complexity index is 3860. The summed E-state index contributed by atoms with van der Waals surface area (Å²) in [5, 5.41) is 0. The highest BCUT2D eigenvalue weighted by Crippen LogP contribution is 2.66. The topological polar surface area (TPSA) is 12.5 Å². The molecule has 0 saturated heterocycles. The number of nitrogens with zero attached hydrogens (tertiary/aromatic N) is 1. The van der Waals surface area contributed by atoms with Gasteiger partial charge in [-0.05, 0) is 138 Å². The number of rotatable bonds is 5. The summed E-state index contributed by atoms with van der Waals surface area (Å²) in [5.74, 6) is 1.74. The minimum absolute atomic E-state index is 0.483. The van der Waals surface area contributed by atoms with Gasteiger partial charge in [0, 0.05) is 28.2 Å². The van der Waals surface area contributed by atoms with E-state index in [1.165, 1.54) is 89.0 Å². The second kappa shape index (κ2) is 14.8. The molecule has 0 saturated carbocycles. The van der Waals surface area contributed by atoms with E-state index in [0.717, 1.165) is 39.7 Å². The third kappa shape index (κ3) is 5.17. The van der Waals surface area contributed by atoms with Crippen molar-refractivity contribution < 1.29 is 4.74 Å². The Morgan fingerprint density at radius 2 is 0.657 bits per heavy atom. The Kier molecular flexibility index (Phi) is 8.24. The molecule has 11 aromatic carbocycles. The van der Waals surface area contributed by atoms with E-state index in [9.17, 15) is 0 Å². The van der Waals surface area contributed by atoms with Crippen molar-refractivity contribution in [1.82, 2.24) is 0 Å². The second-order valence-electron chi connectivity index (χ2n) is 19.0. The van der Waals surface area contributed by atoms with Gasteiger partial charge in [0.15, 0.2) is 0 Å². The van der Waals surface area contributed by atoms with Crippen molar-refractivity contribution in [3.8, 4) is 67.1 Å². The predicted molar refractivity (Wildman–Crippen MR) is 286 cm³/mol. The molecule has 0 bridgehead atoms. The number of hydrogen-bond donors (Lipinski definition) is 0. The average Bonchev–Trinajstić information content (AvgIpc) is 4.02. The average molecular weight is 890 g/mol. The summed E-state index contributed by atoms with van der Waals surface area (Å²) in [6, 6.07) is 96.5. The normalized spacial score (nSPS) is 15.4. The molecule has 3 aliphatic carbocycles. The number of fused-ring (bicyclic) bond motifs is 19. The summed E-state index contributed by atoms with van der Waals surface area (Å²) in [5.41, 5.74) is 24.6. The largest absolute Gasteiger partial charge is 0.457 e. The first-order chi connectivity index (χ1) is 34.7. The zero-order chi connectivity index (χ0) is 46.0. The fourth-order valence-corrected chi connectivity index (χ4v) is 13.0. The van der Waals surface area contributed by atoms with Crippen LogP contribution in [0.4, 0.5) is 17.1 Å². The molecule has 2 nitrogen and oxygen atoms in total. The van der Waals surface area contributed by atoms with E-state index in [0.29, 0.717) is 0 Å². The van der Waals surface area contributed by atoms with Gasteiger partial charge >= 0.3 is 0 Å². The Labute approximate surface area is 408 Å². The molecule has 326 valence electrons. The molecule has 0 N–H and O–H groups in total. The van der Waals surface area contributed by atoms with E-state index < -0.39 is 10.8 Å². The molecule has 1 aliphatic heterocycles. The van der Waals surface area contributed by atoms with Gasteiger partial charge in [-0.3, -0.25) is 0 Å². The lowest BCUT2D eigenvalue weighted by atomic mass is 9.66. The van der Waals surface area contributed by atoms with E-state index in [4.69, 9.17) is 4.74 Å². The van der Waals surface area contributed by atoms with Crippen molar-refractivity contribution in [2.24, 2.45) is 0 Å². The van der Waals surface area contributed by atoms with Crippen LogP contribution < -0.4 is 9.64 Å². The smallest absolute Gasteiger partial charge is 0.132 e. The molecule has 15 rings (SSSR count).